The number of anilines is 1. The first-order valence-electron chi connectivity index (χ1n) is 7.73. The zero-order valence-electron chi connectivity index (χ0n) is 12.9. The van der Waals surface area contributed by atoms with E-state index in [-0.39, 0.29) is 16.7 Å². The standard InChI is InChI=1S/C16H19N3O4/c17-10-13-9-14(1-2-15(13)19(20)21)18-5-8-23-12-16(11-18)3-6-22-7-4-16/h1-2,9H,3-8,11-12H2. The number of rotatable bonds is 2. The van der Waals surface area contributed by atoms with E-state index in [4.69, 9.17) is 9.47 Å². The second kappa shape index (κ2) is 6.52. The van der Waals surface area contributed by atoms with Gasteiger partial charge in [-0.05, 0) is 25.0 Å². The lowest BCUT2D eigenvalue weighted by molar-refractivity contribution is -0.385. The molecule has 0 bridgehead atoms. The zero-order chi connectivity index (χ0) is 16.3. The van der Waals surface area contributed by atoms with Crippen LogP contribution in [0.2, 0.25) is 0 Å². The highest BCUT2D eigenvalue weighted by Crippen LogP contribution is 2.35. The molecule has 2 aliphatic heterocycles. The summed E-state index contributed by atoms with van der Waals surface area (Å²) in [6, 6.07) is 6.66. The normalized spacial score (nSPS) is 20.7. The van der Waals surface area contributed by atoms with Gasteiger partial charge in [-0.25, -0.2) is 0 Å². The molecule has 7 heteroatoms. The van der Waals surface area contributed by atoms with Crippen LogP contribution in [0.4, 0.5) is 11.4 Å². The first kappa shape index (κ1) is 15.7. The maximum absolute atomic E-state index is 11.0. The summed E-state index contributed by atoms with van der Waals surface area (Å²) < 4.78 is 11.3. The molecule has 2 aliphatic rings. The predicted molar refractivity (Wildman–Crippen MR) is 83.3 cm³/mol. The van der Waals surface area contributed by atoms with Crippen LogP contribution in [0.25, 0.3) is 0 Å². The molecule has 2 saturated heterocycles. The van der Waals surface area contributed by atoms with Gasteiger partial charge in [0.1, 0.15) is 11.6 Å². The molecule has 0 amide bonds. The Morgan fingerprint density at radius 1 is 1.26 bits per heavy atom. The van der Waals surface area contributed by atoms with Crippen LogP contribution in [0.1, 0.15) is 18.4 Å². The SMILES string of the molecule is N#Cc1cc(N2CCOCC3(CCOCC3)C2)ccc1[N+](=O)[O-]. The summed E-state index contributed by atoms with van der Waals surface area (Å²) in [5.41, 5.74) is 0.842. The fourth-order valence-electron chi connectivity index (χ4n) is 3.29. The summed E-state index contributed by atoms with van der Waals surface area (Å²) >= 11 is 0. The van der Waals surface area contributed by atoms with Crippen LogP contribution in [0.15, 0.2) is 18.2 Å². The maximum Gasteiger partial charge on any atom is 0.287 e. The van der Waals surface area contributed by atoms with Crippen molar-refractivity contribution in [2.45, 2.75) is 12.8 Å². The van der Waals surface area contributed by atoms with Gasteiger partial charge in [0.05, 0.1) is 18.1 Å². The minimum Gasteiger partial charge on any atom is -0.381 e. The molecule has 0 aliphatic carbocycles. The summed E-state index contributed by atoms with van der Waals surface area (Å²) in [6.45, 7) is 4.33. The molecule has 7 nitrogen and oxygen atoms in total. The lowest BCUT2D eigenvalue weighted by Gasteiger charge is -2.39. The van der Waals surface area contributed by atoms with Crippen molar-refractivity contribution in [3.05, 3.63) is 33.9 Å². The van der Waals surface area contributed by atoms with Crippen molar-refractivity contribution in [1.29, 1.82) is 5.26 Å². The van der Waals surface area contributed by atoms with Gasteiger partial charge in [0.15, 0.2) is 0 Å². The van der Waals surface area contributed by atoms with E-state index in [1.54, 1.807) is 12.1 Å². The van der Waals surface area contributed by atoms with Crippen LogP contribution < -0.4 is 4.90 Å². The van der Waals surface area contributed by atoms with Gasteiger partial charge >= 0.3 is 0 Å². The molecular formula is C16H19N3O4. The van der Waals surface area contributed by atoms with Crippen molar-refractivity contribution in [1.82, 2.24) is 0 Å². The van der Waals surface area contributed by atoms with Gasteiger partial charge in [0.2, 0.25) is 0 Å². The van der Waals surface area contributed by atoms with E-state index >= 15 is 0 Å². The van der Waals surface area contributed by atoms with Crippen LogP contribution in [0, 0.1) is 26.9 Å². The van der Waals surface area contributed by atoms with E-state index in [1.165, 1.54) is 6.07 Å². The van der Waals surface area contributed by atoms with Gasteiger partial charge in [0.25, 0.3) is 5.69 Å². The van der Waals surface area contributed by atoms with Crippen LogP contribution in [0.3, 0.4) is 0 Å². The van der Waals surface area contributed by atoms with E-state index < -0.39 is 4.92 Å². The summed E-state index contributed by atoms with van der Waals surface area (Å²) in [5, 5.41) is 20.1. The Bertz CT molecular complexity index is 635. The topological polar surface area (TPSA) is 88.6 Å². The minimum absolute atomic E-state index is 0.0589. The number of hydrogen-bond acceptors (Lipinski definition) is 6. The Morgan fingerprint density at radius 3 is 2.74 bits per heavy atom. The van der Waals surface area contributed by atoms with Crippen LogP contribution >= 0.6 is 0 Å². The van der Waals surface area contributed by atoms with Gasteiger partial charge in [0, 0.05) is 43.5 Å². The van der Waals surface area contributed by atoms with Crippen molar-refractivity contribution in [2.24, 2.45) is 5.41 Å². The molecule has 0 N–H and O–H groups in total. The third kappa shape index (κ3) is 3.28. The molecule has 2 heterocycles. The molecule has 0 unspecified atom stereocenters. The Morgan fingerprint density at radius 2 is 2.04 bits per heavy atom. The van der Waals surface area contributed by atoms with E-state index in [0.29, 0.717) is 19.8 Å². The summed E-state index contributed by atoms with van der Waals surface area (Å²) in [7, 11) is 0. The first-order chi connectivity index (χ1) is 11.1. The zero-order valence-corrected chi connectivity index (χ0v) is 12.9. The lowest BCUT2D eigenvalue weighted by atomic mass is 9.80. The molecule has 0 atom stereocenters. The number of nitrogens with zero attached hydrogens (tertiary/aromatic N) is 3. The largest absolute Gasteiger partial charge is 0.381 e. The predicted octanol–water partition coefficient (Wildman–Crippen LogP) is 2.10. The highest BCUT2D eigenvalue weighted by atomic mass is 16.6. The van der Waals surface area contributed by atoms with Crippen molar-refractivity contribution in [3.8, 4) is 6.07 Å². The van der Waals surface area contributed by atoms with Gasteiger partial charge in [-0.1, -0.05) is 0 Å². The first-order valence-corrected chi connectivity index (χ1v) is 7.73. The summed E-state index contributed by atoms with van der Waals surface area (Å²) in [5.74, 6) is 0. The number of hydrogen-bond donors (Lipinski definition) is 0. The van der Waals surface area contributed by atoms with Gasteiger partial charge < -0.3 is 14.4 Å². The van der Waals surface area contributed by atoms with Crippen LogP contribution in [-0.2, 0) is 9.47 Å². The second-order valence-corrected chi connectivity index (χ2v) is 6.16. The van der Waals surface area contributed by atoms with Crippen LogP contribution in [0.5, 0.6) is 0 Å². The van der Waals surface area contributed by atoms with E-state index in [9.17, 15) is 15.4 Å². The molecular weight excluding hydrogens is 298 g/mol. The van der Waals surface area contributed by atoms with Crippen LogP contribution in [-0.4, -0.2) is 44.4 Å². The number of nitro groups is 1. The Labute approximate surface area is 134 Å². The summed E-state index contributed by atoms with van der Waals surface area (Å²) in [4.78, 5) is 12.6. The van der Waals surface area contributed by atoms with E-state index in [0.717, 1.165) is 38.3 Å². The Hall–Kier alpha value is -2.17. The average molecular weight is 317 g/mol. The summed E-state index contributed by atoms with van der Waals surface area (Å²) in [6.07, 6.45) is 1.89. The maximum atomic E-state index is 11.0. The van der Waals surface area contributed by atoms with Crippen molar-refractivity contribution in [3.63, 3.8) is 0 Å². The molecule has 122 valence electrons. The number of nitro benzene ring substituents is 1. The molecule has 0 saturated carbocycles. The second-order valence-electron chi connectivity index (χ2n) is 6.16. The monoisotopic (exact) mass is 317 g/mol. The number of benzene rings is 1. The Kier molecular flexibility index (Phi) is 4.46. The molecule has 23 heavy (non-hydrogen) atoms. The average Bonchev–Trinajstić information content (AvgIpc) is 2.77. The fourth-order valence-corrected chi connectivity index (χ4v) is 3.29. The molecule has 1 aromatic rings. The number of nitriles is 1. The third-order valence-electron chi connectivity index (χ3n) is 4.66. The minimum atomic E-state index is -0.520. The fraction of sp³-hybridized carbons (Fsp3) is 0.562. The van der Waals surface area contributed by atoms with Gasteiger partial charge in [-0.2, -0.15) is 5.26 Å². The van der Waals surface area contributed by atoms with Gasteiger partial charge in [-0.3, -0.25) is 10.1 Å². The molecule has 1 aromatic carbocycles. The van der Waals surface area contributed by atoms with E-state index in [1.807, 2.05) is 6.07 Å². The highest BCUT2D eigenvalue weighted by molar-refractivity contribution is 5.60. The molecule has 1 spiro atoms. The van der Waals surface area contributed by atoms with Crippen molar-refractivity contribution < 1.29 is 14.4 Å². The molecule has 3 rings (SSSR count). The molecule has 2 fully saturated rings. The molecule has 0 aromatic heterocycles. The van der Waals surface area contributed by atoms with Gasteiger partial charge in [-0.15, -0.1) is 0 Å². The van der Waals surface area contributed by atoms with Crippen molar-refractivity contribution in [2.75, 3.05) is 44.4 Å². The quantitative estimate of drug-likeness (QED) is 0.613. The lowest BCUT2D eigenvalue weighted by Crippen LogP contribution is -2.42. The third-order valence-corrected chi connectivity index (χ3v) is 4.66. The van der Waals surface area contributed by atoms with E-state index in [2.05, 4.69) is 4.90 Å². The molecule has 0 radical (unpaired) electrons. The highest BCUT2D eigenvalue weighted by Gasteiger charge is 2.36. The van der Waals surface area contributed by atoms with Crippen molar-refractivity contribution >= 4 is 11.4 Å². The number of ether oxygens (including phenoxy) is 2. The smallest absolute Gasteiger partial charge is 0.287 e. The Balaban J connectivity index is 1.87.